The average molecular weight is 249 g/mol. The van der Waals surface area contributed by atoms with Gasteiger partial charge in [-0.1, -0.05) is 32.0 Å². The van der Waals surface area contributed by atoms with E-state index in [9.17, 15) is 4.79 Å². The number of hydrogen-bond donors (Lipinski definition) is 1. The Bertz CT molecular complexity index is 375. The summed E-state index contributed by atoms with van der Waals surface area (Å²) in [7, 11) is 1.65. The molecule has 3 heteroatoms. The molecule has 0 fully saturated rings. The number of aryl methyl sites for hydroxylation is 1. The van der Waals surface area contributed by atoms with Crippen LogP contribution in [0.5, 0.6) is 5.75 Å². The number of nitrogens with one attached hydrogen (secondary N) is 1. The summed E-state index contributed by atoms with van der Waals surface area (Å²) in [5.41, 5.74) is 1.08. The monoisotopic (exact) mass is 249 g/mol. The standard InChI is InChI=1S/C15H23NO2/c1-12(2)10-11-16-15(17)9-8-13-6-4-5-7-14(13)18-3/h4-7,12H,8-11H2,1-3H3,(H,16,17). The van der Waals surface area contributed by atoms with Gasteiger partial charge in [0, 0.05) is 13.0 Å². The van der Waals surface area contributed by atoms with Crippen LogP contribution < -0.4 is 10.1 Å². The first-order valence-electron chi connectivity index (χ1n) is 6.52. The number of ether oxygens (including phenoxy) is 1. The van der Waals surface area contributed by atoms with Crippen molar-refractivity contribution in [2.24, 2.45) is 5.92 Å². The first-order valence-corrected chi connectivity index (χ1v) is 6.52. The molecule has 0 heterocycles. The van der Waals surface area contributed by atoms with Crippen molar-refractivity contribution < 1.29 is 9.53 Å². The van der Waals surface area contributed by atoms with Crippen LogP contribution >= 0.6 is 0 Å². The van der Waals surface area contributed by atoms with Gasteiger partial charge in [0.15, 0.2) is 0 Å². The summed E-state index contributed by atoms with van der Waals surface area (Å²) in [5, 5.41) is 2.94. The number of rotatable bonds is 7. The van der Waals surface area contributed by atoms with E-state index in [4.69, 9.17) is 4.74 Å². The van der Waals surface area contributed by atoms with E-state index in [0.717, 1.165) is 30.7 Å². The lowest BCUT2D eigenvalue weighted by Crippen LogP contribution is -2.25. The Kier molecular flexibility index (Phi) is 6.26. The van der Waals surface area contributed by atoms with Crippen molar-refractivity contribution in [1.29, 1.82) is 0 Å². The van der Waals surface area contributed by atoms with E-state index >= 15 is 0 Å². The van der Waals surface area contributed by atoms with Crippen LogP contribution in [0.2, 0.25) is 0 Å². The van der Waals surface area contributed by atoms with Gasteiger partial charge in [-0.2, -0.15) is 0 Å². The van der Waals surface area contributed by atoms with Crippen LogP contribution in [0.25, 0.3) is 0 Å². The third-order valence-corrected chi connectivity index (χ3v) is 2.86. The summed E-state index contributed by atoms with van der Waals surface area (Å²) in [6.07, 6.45) is 2.26. The van der Waals surface area contributed by atoms with Crippen LogP contribution in [0.1, 0.15) is 32.3 Å². The molecule has 0 aliphatic rings. The summed E-state index contributed by atoms with van der Waals surface area (Å²) in [4.78, 5) is 11.6. The Morgan fingerprint density at radius 3 is 2.72 bits per heavy atom. The molecule has 0 bridgehead atoms. The highest BCUT2D eigenvalue weighted by Gasteiger charge is 2.05. The number of para-hydroxylation sites is 1. The summed E-state index contributed by atoms with van der Waals surface area (Å²) in [5.74, 6) is 1.59. The summed E-state index contributed by atoms with van der Waals surface area (Å²) in [6, 6.07) is 7.83. The molecule has 18 heavy (non-hydrogen) atoms. The van der Waals surface area contributed by atoms with Crippen LogP contribution in [-0.4, -0.2) is 19.6 Å². The van der Waals surface area contributed by atoms with Gasteiger partial charge in [-0.3, -0.25) is 4.79 Å². The average Bonchev–Trinajstić information content (AvgIpc) is 2.36. The maximum Gasteiger partial charge on any atom is 0.220 e. The minimum Gasteiger partial charge on any atom is -0.496 e. The van der Waals surface area contributed by atoms with E-state index < -0.39 is 0 Å². The van der Waals surface area contributed by atoms with Crippen LogP contribution in [0, 0.1) is 5.92 Å². The molecule has 1 aromatic rings. The molecule has 1 amide bonds. The van der Waals surface area contributed by atoms with Crippen LogP contribution in [-0.2, 0) is 11.2 Å². The zero-order chi connectivity index (χ0) is 13.4. The van der Waals surface area contributed by atoms with Crippen molar-refractivity contribution >= 4 is 5.91 Å². The molecular formula is C15H23NO2. The number of amides is 1. The number of benzene rings is 1. The molecule has 3 nitrogen and oxygen atoms in total. The minimum absolute atomic E-state index is 0.113. The van der Waals surface area contributed by atoms with Crippen LogP contribution in [0.15, 0.2) is 24.3 Å². The zero-order valence-corrected chi connectivity index (χ0v) is 11.5. The second-order valence-electron chi connectivity index (χ2n) is 4.84. The number of hydrogen-bond acceptors (Lipinski definition) is 2. The fourth-order valence-electron chi connectivity index (χ4n) is 1.75. The van der Waals surface area contributed by atoms with Crippen molar-refractivity contribution in [2.75, 3.05) is 13.7 Å². The molecule has 1 aromatic carbocycles. The molecule has 0 saturated carbocycles. The van der Waals surface area contributed by atoms with Crippen molar-refractivity contribution in [2.45, 2.75) is 33.1 Å². The molecule has 0 atom stereocenters. The molecular weight excluding hydrogens is 226 g/mol. The Morgan fingerprint density at radius 2 is 2.06 bits per heavy atom. The largest absolute Gasteiger partial charge is 0.496 e. The lowest BCUT2D eigenvalue weighted by molar-refractivity contribution is -0.121. The van der Waals surface area contributed by atoms with Gasteiger partial charge in [0.05, 0.1) is 7.11 Å². The third-order valence-electron chi connectivity index (χ3n) is 2.86. The predicted molar refractivity (Wildman–Crippen MR) is 73.8 cm³/mol. The Hall–Kier alpha value is -1.51. The Labute approximate surface area is 110 Å². The van der Waals surface area contributed by atoms with Gasteiger partial charge in [-0.25, -0.2) is 0 Å². The highest BCUT2D eigenvalue weighted by molar-refractivity contribution is 5.76. The summed E-state index contributed by atoms with van der Waals surface area (Å²) >= 11 is 0. The van der Waals surface area contributed by atoms with Gasteiger partial charge in [-0.05, 0) is 30.4 Å². The van der Waals surface area contributed by atoms with Gasteiger partial charge in [0.25, 0.3) is 0 Å². The van der Waals surface area contributed by atoms with Gasteiger partial charge >= 0.3 is 0 Å². The first-order chi connectivity index (χ1) is 8.63. The molecule has 0 spiro atoms. The Balaban J connectivity index is 2.33. The number of carbonyl (C=O) groups excluding carboxylic acids is 1. The number of carbonyl (C=O) groups is 1. The van der Waals surface area contributed by atoms with Gasteiger partial charge in [0.1, 0.15) is 5.75 Å². The van der Waals surface area contributed by atoms with Crippen LogP contribution in [0.4, 0.5) is 0 Å². The SMILES string of the molecule is COc1ccccc1CCC(=O)NCCC(C)C. The molecule has 0 aliphatic heterocycles. The molecule has 0 unspecified atom stereocenters. The quantitative estimate of drug-likeness (QED) is 0.807. The molecule has 0 radical (unpaired) electrons. The van der Waals surface area contributed by atoms with Gasteiger partial charge in [-0.15, -0.1) is 0 Å². The molecule has 1 rings (SSSR count). The van der Waals surface area contributed by atoms with Crippen molar-refractivity contribution in [3.63, 3.8) is 0 Å². The normalized spacial score (nSPS) is 10.4. The lowest BCUT2D eigenvalue weighted by atomic mass is 10.1. The fraction of sp³-hybridized carbons (Fsp3) is 0.533. The highest BCUT2D eigenvalue weighted by Crippen LogP contribution is 2.18. The van der Waals surface area contributed by atoms with E-state index in [1.54, 1.807) is 7.11 Å². The van der Waals surface area contributed by atoms with E-state index in [0.29, 0.717) is 12.3 Å². The summed E-state index contributed by atoms with van der Waals surface area (Å²) < 4.78 is 5.26. The fourth-order valence-corrected chi connectivity index (χ4v) is 1.75. The molecule has 0 aliphatic carbocycles. The lowest BCUT2D eigenvalue weighted by Gasteiger charge is -2.09. The topological polar surface area (TPSA) is 38.3 Å². The van der Waals surface area contributed by atoms with Crippen molar-refractivity contribution in [3.8, 4) is 5.75 Å². The Morgan fingerprint density at radius 1 is 1.33 bits per heavy atom. The molecule has 0 aromatic heterocycles. The highest BCUT2D eigenvalue weighted by atomic mass is 16.5. The molecule has 100 valence electrons. The van der Waals surface area contributed by atoms with Gasteiger partial charge < -0.3 is 10.1 Å². The van der Waals surface area contributed by atoms with Gasteiger partial charge in [0.2, 0.25) is 5.91 Å². The third kappa shape index (κ3) is 5.21. The van der Waals surface area contributed by atoms with Crippen molar-refractivity contribution in [3.05, 3.63) is 29.8 Å². The minimum atomic E-state index is 0.113. The van der Waals surface area contributed by atoms with E-state index in [2.05, 4.69) is 19.2 Å². The van der Waals surface area contributed by atoms with E-state index in [1.165, 1.54) is 0 Å². The summed E-state index contributed by atoms with van der Waals surface area (Å²) in [6.45, 7) is 5.07. The molecule has 1 N–H and O–H groups in total. The second kappa shape index (κ2) is 7.75. The maximum atomic E-state index is 11.6. The number of methoxy groups -OCH3 is 1. The second-order valence-corrected chi connectivity index (χ2v) is 4.84. The van der Waals surface area contributed by atoms with Crippen LogP contribution in [0.3, 0.4) is 0 Å². The predicted octanol–water partition coefficient (Wildman–Crippen LogP) is 2.79. The zero-order valence-electron chi connectivity index (χ0n) is 11.5. The smallest absolute Gasteiger partial charge is 0.220 e. The van der Waals surface area contributed by atoms with E-state index in [1.807, 2.05) is 24.3 Å². The van der Waals surface area contributed by atoms with Crippen molar-refractivity contribution in [1.82, 2.24) is 5.32 Å². The van der Waals surface area contributed by atoms with E-state index in [-0.39, 0.29) is 5.91 Å². The maximum absolute atomic E-state index is 11.6. The molecule has 0 saturated heterocycles. The first kappa shape index (κ1) is 14.6.